The van der Waals surface area contributed by atoms with Crippen molar-refractivity contribution >= 4 is 16.1 Å². The van der Waals surface area contributed by atoms with Crippen LogP contribution in [0, 0.1) is 11.6 Å². The molecule has 2 saturated heterocycles. The molecule has 0 radical (unpaired) electrons. The molecule has 160 valence electrons. The quantitative estimate of drug-likeness (QED) is 0.725. The fourth-order valence-electron chi connectivity index (χ4n) is 4.05. The second kappa shape index (κ2) is 8.31. The van der Waals surface area contributed by atoms with E-state index in [1.54, 1.807) is 17.0 Å². The van der Waals surface area contributed by atoms with Gasteiger partial charge in [0.1, 0.15) is 11.6 Å². The van der Waals surface area contributed by atoms with Gasteiger partial charge >= 0.3 is 6.03 Å². The lowest BCUT2D eigenvalue weighted by Crippen LogP contribution is -2.47. The van der Waals surface area contributed by atoms with Crippen molar-refractivity contribution in [3.63, 3.8) is 0 Å². The van der Waals surface area contributed by atoms with E-state index in [0.717, 1.165) is 17.7 Å². The van der Waals surface area contributed by atoms with Gasteiger partial charge in [-0.15, -0.1) is 0 Å². The van der Waals surface area contributed by atoms with Gasteiger partial charge in [0.2, 0.25) is 10.0 Å². The molecule has 0 atom stereocenters. The first kappa shape index (κ1) is 20.7. The van der Waals surface area contributed by atoms with Crippen molar-refractivity contribution in [3.05, 3.63) is 65.7 Å². The fourth-order valence-corrected chi connectivity index (χ4v) is 5.52. The van der Waals surface area contributed by atoms with Crippen LogP contribution in [-0.2, 0) is 16.6 Å². The number of rotatable bonds is 5. The van der Waals surface area contributed by atoms with Crippen LogP contribution >= 0.6 is 0 Å². The van der Waals surface area contributed by atoms with Gasteiger partial charge in [0.05, 0.1) is 4.90 Å². The molecular weight excluding hydrogens is 412 g/mol. The van der Waals surface area contributed by atoms with Crippen molar-refractivity contribution in [2.45, 2.75) is 30.3 Å². The molecule has 6 nitrogen and oxygen atoms in total. The lowest BCUT2D eigenvalue weighted by atomic mass is 10.1. The highest BCUT2D eigenvalue weighted by atomic mass is 32.2. The summed E-state index contributed by atoms with van der Waals surface area (Å²) in [5.41, 5.74) is 0.867. The minimum atomic E-state index is -3.67. The Morgan fingerprint density at radius 1 is 0.833 bits per heavy atom. The first-order valence-electron chi connectivity index (χ1n) is 9.90. The topological polar surface area (TPSA) is 60.9 Å². The van der Waals surface area contributed by atoms with E-state index in [1.807, 2.05) is 4.90 Å². The molecule has 2 aromatic carbocycles. The number of hydrogen-bond donors (Lipinski definition) is 0. The zero-order valence-corrected chi connectivity index (χ0v) is 17.2. The molecule has 9 heteroatoms. The number of benzene rings is 2. The summed E-state index contributed by atoms with van der Waals surface area (Å²) in [5, 5.41) is 0. The van der Waals surface area contributed by atoms with Gasteiger partial charge in [0, 0.05) is 38.8 Å². The third kappa shape index (κ3) is 4.17. The van der Waals surface area contributed by atoms with Crippen LogP contribution in [0.1, 0.15) is 18.4 Å². The van der Waals surface area contributed by atoms with Crippen LogP contribution in [0.5, 0.6) is 0 Å². The van der Waals surface area contributed by atoms with Crippen LogP contribution in [0.3, 0.4) is 0 Å². The van der Waals surface area contributed by atoms with Crippen LogP contribution in [0.15, 0.2) is 53.4 Å². The Bertz CT molecular complexity index is 1000. The van der Waals surface area contributed by atoms with Crippen molar-refractivity contribution in [2.24, 2.45) is 0 Å². The second-order valence-electron chi connectivity index (χ2n) is 7.61. The summed E-state index contributed by atoms with van der Waals surface area (Å²) in [6.07, 6.45) is 1.10. The predicted molar refractivity (Wildman–Crippen MR) is 107 cm³/mol. The van der Waals surface area contributed by atoms with Crippen molar-refractivity contribution in [2.75, 3.05) is 26.2 Å². The first-order chi connectivity index (χ1) is 14.3. The third-order valence-corrected chi connectivity index (χ3v) is 7.64. The van der Waals surface area contributed by atoms with Gasteiger partial charge in [-0.1, -0.05) is 12.1 Å². The molecule has 2 aliphatic rings. The predicted octanol–water partition coefficient (Wildman–Crippen LogP) is 3.06. The molecule has 0 aliphatic carbocycles. The van der Waals surface area contributed by atoms with Crippen LogP contribution in [0.2, 0.25) is 0 Å². The normalized spacial score (nSPS) is 18.9. The number of piperidine rings is 1. The Kier molecular flexibility index (Phi) is 5.75. The van der Waals surface area contributed by atoms with E-state index in [-0.39, 0.29) is 22.8 Å². The van der Waals surface area contributed by atoms with Gasteiger partial charge in [0.25, 0.3) is 0 Å². The number of urea groups is 1. The second-order valence-corrected chi connectivity index (χ2v) is 9.55. The van der Waals surface area contributed by atoms with Gasteiger partial charge in [-0.05, 0) is 54.8 Å². The molecule has 2 amide bonds. The van der Waals surface area contributed by atoms with Crippen molar-refractivity contribution in [3.8, 4) is 0 Å². The Morgan fingerprint density at radius 2 is 1.40 bits per heavy atom. The van der Waals surface area contributed by atoms with Gasteiger partial charge in [-0.2, -0.15) is 4.31 Å². The smallest absolute Gasteiger partial charge is 0.320 e. The van der Waals surface area contributed by atoms with Crippen molar-refractivity contribution in [1.82, 2.24) is 14.1 Å². The molecule has 2 aliphatic heterocycles. The van der Waals surface area contributed by atoms with Crippen LogP contribution < -0.4 is 0 Å². The molecule has 2 heterocycles. The number of carbonyl (C=O) groups excluding carboxylic acids is 1. The monoisotopic (exact) mass is 435 g/mol. The zero-order chi connectivity index (χ0) is 21.3. The van der Waals surface area contributed by atoms with E-state index in [9.17, 15) is 22.0 Å². The van der Waals surface area contributed by atoms with Gasteiger partial charge in [-0.3, -0.25) is 0 Å². The molecule has 2 fully saturated rings. The van der Waals surface area contributed by atoms with Gasteiger partial charge in [-0.25, -0.2) is 22.0 Å². The third-order valence-electron chi connectivity index (χ3n) is 5.73. The summed E-state index contributed by atoms with van der Waals surface area (Å²) >= 11 is 0. The molecule has 0 aromatic heterocycles. The van der Waals surface area contributed by atoms with Crippen LogP contribution in [-0.4, -0.2) is 60.8 Å². The maximum Gasteiger partial charge on any atom is 0.320 e. The number of halogens is 2. The molecule has 2 aromatic rings. The minimum absolute atomic E-state index is 0.0182. The Balaban J connectivity index is 1.35. The van der Waals surface area contributed by atoms with E-state index in [0.29, 0.717) is 45.6 Å². The molecule has 0 unspecified atom stereocenters. The highest BCUT2D eigenvalue weighted by Gasteiger charge is 2.37. The average molecular weight is 435 g/mol. The summed E-state index contributed by atoms with van der Waals surface area (Å²) in [7, 11) is -3.67. The standard InChI is InChI=1S/C21H23F2N3O3S/c22-17-3-1-16(2-4-17)15-24-13-14-26(21(24)27)19-9-11-25(12-10-19)30(28,29)20-7-5-18(23)6-8-20/h1-8,19H,9-15H2. The SMILES string of the molecule is O=C1N(Cc2ccc(F)cc2)CCN1C1CCN(S(=O)(=O)c2ccc(F)cc2)CC1. The lowest BCUT2D eigenvalue weighted by Gasteiger charge is -2.35. The number of nitrogens with zero attached hydrogens (tertiary/aromatic N) is 3. The van der Waals surface area contributed by atoms with E-state index in [1.165, 1.54) is 28.6 Å². The highest BCUT2D eigenvalue weighted by molar-refractivity contribution is 7.89. The molecular formula is C21H23F2N3O3S. The molecule has 4 rings (SSSR count). The Labute approximate surface area is 174 Å². The Hall–Kier alpha value is -2.52. The maximum absolute atomic E-state index is 13.1. The number of amides is 2. The minimum Gasteiger partial charge on any atom is -0.320 e. The van der Waals surface area contributed by atoms with Crippen LogP contribution in [0.25, 0.3) is 0 Å². The summed E-state index contributed by atoms with van der Waals surface area (Å²) in [5.74, 6) is -0.791. The van der Waals surface area contributed by atoms with Gasteiger partial charge in [0.15, 0.2) is 0 Å². The van der Waals surface area contributed by atoms with Crippen molar-refractivity contribution < 1.29 is 22.0 Å². The van der Waals surface area contributed by atoms with E-state index < -0.39 is 15.8 Å². The number of hydrogen-bond acceptors (Lipinski definition) is 3. The number of carbonyl (C=O) groups is 1. The van der Waals surface area contributed by atoms with Gasteiger partial charge < -0.3 is 9.80 Å². The highest BCUT2D eigenvalue weighted by Crippen LogP contribution is 2.26. The molecule has 30 heavy (non-hydrogen) atoms. The first-order valence-corrected chi connectivity index (χ1v) is 11.3. The lowest BCUT2D eigenvalue weighted by molar-refractivity contribution is 0.153. The van der Waals surface area contributed by atoms with Crippen LogP contribution in [0.4, 0.5) is 13.6 Å². The molecule has 0 saturated carbocycles. The maximum atomic E-state index is 13.1. The summed E-state index contributed by atoms with van der Waals surface area (Å²) in [4.78, 5) is 16.4. The van der Waals surface area contributed by atoms with E-state index >= 15 is 0 Å². The molecule has 0 N–H and O–H groups in total. The summed E-state index contributed by atoms with van der Waals surface area (Å²) in [6.45, 7) is 2.23. The molecule has 0 spiro atoms. The average Bonchev–Trinajstić information content (AvgIpc) is 3.10. The fraction of sp³-hybridized carbons (Fsp3) is 0.381. The Morgan fingerprint density at radius 3 is 2.00 bits per heavy atom. The van der Waals surface area contributed by atoms with Crippen molar-refractivity contribution in [1.29, 1.82) is 0 Å². The summed E-state index contributed by atoms with van der Waals surface area (Å²) in [6, 6.07) is 10.8. The summed E-state index contributed by atoms with van der Waals surface area (Å²) < 4.78 is 53.1. The number of sulfonamides is 1. The van der Waals surface area contributed by atoms with E-state index in [4.69, 9.17) is 0 Å². The van der Waals surface area contributed by atoms with E-state index in [2.05, 4.69) is 0 Å². The zero-order valence-electron chi connectivity index (χ0n) is 16.4. The molecule has 0 bridgehead atoms. The largest absolute Gasteiger partial charge is 0.320 e.